The van der Waals surface area contributed by atoms with E-state index in [9.17, 15) is 0 Å². The summed E-state index contributed by atoms with van der Waals surface area (Å²) in [5.74, 6) is 2.81. The minimum atomic E-state index is 0.558. The first kappa shape index (κ1) is 14.7. The molecular formula is C13H24N4O. The summed E-state index contributed by atoms with van der Waals surface area (Å²) in [5.41, 5.74) is 5.66. The van der Waals surface area contributed by atoms with Crippen LogP contribution in [0.1, 0.15) is 26.6 Å². The average molecular weight is 252 g/mol. The Bertz CT molecular complexity index is 368. The van der Waals surface area contributed by atoms with Gasteiger partial charge in [-0.2, -0.15) is 4.98 Å². The Balaban J connectivity index is 2.95. The number of nitrogens with two attached hydrogens (primary N) is 1. The van der Waals surface area contributed by atoms with Crippen LogP contribution >= 0.6 is 0 Å². The number of hydrogen-bond donors (Lipinski definition) is 1. The Labute approximate surface area is 109 Å². The normalized spacial score (nSPS) is 10.8. The maximum Gasteiger partial charge on any atom is 0.218 e. The molecule has 0 bridgehead atoms. The third kappa shape index (κ3) is 4.49. The lowest BCUT2D eigenvalue weighted by atomic mass is 10.2. The Morgan fingerprint density at radius 2 is 2.11 bits per heavy atom. The third-order valence-corrected chi connectivity index (χ3v) is 2.40. The number of nitrogens with zero attached hydrogens (tertiary/aromatic N) is 3. The Morgan fingerprint density at radius 3 is 2.67 bits per heavy atom. The molecule has 0 aliphatic rings. The molecule has 18 heavy (non-hydrogen) atoms. The minimum Gasteiger partial charge on any atom is -0.478 e. The van der Waals surface area contributed by atoms with Gasteiger partial charge in [-0.05, 0) is 19.8 Å². The number of aryl methyl sites for hydroxylation is 1. The van der Waals surface area contributed by atoms with Gasteiger partial charge in [0, 0.05) is 25.7 Å². The lowest BCUT2D eigenvalue weighted by Gasteiger charge is -2.25. The van der Waals surface area contributed by atoms with Crippen LogP contribution in [0.4, 0.5) is 5.82 Å². The molecule has 102 valence electrons. The molecule has 0 saturated carbocycles. The fraction of sp³-hybridized carbons (Fsp3) is 0.692. The summed E-state index contributed by atoms with van der Waals surface area (Å²) in [5, 5.41) is 0. The van der Waals surface area contributed by atoms with Crippen molar-refractivity contribution in [3.8, 4) is 5.88 Å². The van der Waals surface area contributed by atoms with Crippen LogP contribution in [0.25, 0.3) is 0 Å². The molecule has 0 saturated heterocycles. The van der Waals surface area contributed by atoms with Crippen LogP contribution in [-0.4, -0.2) is 36.2 Å². The molecule has 1 aromatic heterocycles. The zero-order valence-corrected chi connectivity index (χ0v) is 11.8. The highest BCUT2D eigenvalue weighted by Gasteiger charge is 2.12. The van der Waals surface area contributed by atoms with Gasteiger partial charge < -0.3 is 15.4 Å². The van der Waals surface area contributed by atoms with E-state index in [1.165, 1.54) is 0 Å². The molecule has 1 aromatic rings. The smallest absolute Gasteiger partial charge is 0.218 e. The number of aromatic nitrogens is 2. The topological polar surface area (TPSA) is 64.3 Å². The van der Waals surface area contributed by atoms with E-state index >= 15 is 0 Å². The summed E-state index contributed by atoms with van der Waals surface area (Å²) < 4.78 is 5.45. The Kier molecular flexibility index (Phi) is 5.85. The van der Waals surface area contributed by atoms with Crippen LogP contribution in [-0.2, 0) is 0 Å². The van der Waals surface area contributed by atoms with Gasteiger partial charge in [0.2, 0.25) is 5.88 Å². The molecule has 0 aliphatic carbocycles. The second kappa shape index (κ2) is 7.16. The van der Waals surface area contributed by atoms with Crippen molar-refractivity contribution < 1.29 is 4.74 Å². The molecule has 0 spiro atoms. The summed E-state index contributed by atoms with van der Waals surface area (Å²) in [7, 11) is 0. The first-order valence-electron chi connectivity index (χ1n) is 6.50. The van der Waals surface area contributed by atoms with E-state index in [0.717, 1.165) is 24.7 Å². The van der Waals surface area contributed by atoms with Crippen LogP contribution in [0.2, 0.25) is 0 Å². The van der Waals surface area contributed by atoms with E-state index in [1.54, 1.807) is 0 Å². The van der Waals surface area contributed by atoms with Gasteiger partial charge in [-0.3, -0.25) is 0 Å². The van der Waals surface area contributed by atoms with Crippen molar-refractivity contribution in [1.29, 1.82) is 0 Å². The molecule has 1 heterocycles. The molecule has 0 atom stereocenters. The van der Waals surface area contributed by atoms with Gasteiger partial charge in [-0.15, -0.1) is 0 Å². The van der Waals surface area contributed by atoms with Crippen LogP contribution in [0.5, 0.6) is 5.88 Å². The zero-order chi connectivity index (χ0) is 13.5. The number of anilines is 1. The summed E-state index contributed by atoms with van der Waals surface area (Å²) in [6.07, 6.45) is 0. The average Bonchev–Trinajstić information content (AvgIpc) is 2.27. The molecule has 5 heteroatoms. The summed E-state index contributed by atoms with van der Waals surface area (Å²) in [4.78, 5) is 10.9. The van der Waals surface area contributed by atoms with E-state index in [0.29, 0.717) is 24.9 Å². The van der Waals surface area contributed by atoms with E-state index < -0.39 is 0 Å². The van der Waals surface area contributed by atoms with Crippen molar-refractivity contribution >= 4 is 5.82 Å². The van der Waals surface area contributed by atoms with Crippen molar-refractivity contribution in [2.75, 3.05) is 31.1 Å². The molecular weight excluding hydrogens is 228 g/mol. The predicted octanol–water partition coefficient (Wildman–Crippen LogP) is 1.60. The quantitative estimate of drug-likeness (QED) is 0.798. The van der Waals surface area contributed by atoms with Gasteiger partial charge in [0.05, 0.1) is 6.61 Å². The zero-order valence-electron chi connectivity index (χ0n) is 11.8. The fourth-order valence-electron chi connectivity index (χ4n) is 1.81. The van der Waals surface area contributed by atoms with Crippen molar-refractivity contribution in [2.45, 2.75) is 27.7 Å². The number of ether oxygens (including phenoxy) is 1. The van der Waals surface area contributed by atoms with Gasteiger partial charge in [0.1, 0.15) is 11.6 Å². The Hall–Kier alpha value is -1.36. The van der Waals surface area contributed by atoms with Gasteiger partial charge in [0.25, 0.3) is 0 Å². The summed E-state index contributed by atoms with van der Waals surface area (Å²) in [6, 6.07) is 1.88. The molecule has 0 aromatic carbocycles. The second-order valence-corrected chi connectivity index (χ2v) is 4.67. The SMILES string of the molecule is CCOc1cc(N(CCN)CC(C)C)nc(C)n1. The first-order valence-corrected chi connectivity index (χ1v) is 6.50. The predicted molar refractivity (Wildman–Crippen MR) is 74.0 cm³/mol. The third-order valence-electron chi connectivity index (χ3n) is 2.40. The molecule has 0 fully saturated rings. The van der Waals surface area contributed by atoms with Crippen LogP contribution < -0.4 is 15.4 Å². The van der Waals surface area contributed by atoms with Crippen LogP contribution in [0.15, 0.2) is 6.07 Å². The largest absolute Gasteiger partial charge is 0.478 e. The second-order valence-electron chi connectivity index (χ2n) is 4.67. The first-order chi connectivity index (χ1) is 8.56. The lowest BCUT2D eigenvalue weighted by Crippen LogP contribution is -2.33. The van der Waals surface area contributed by atoms with E-state index in [2.05, 4.69) is 28.7 Å². The van der Waals surface area contributed by atoms with Crippen molar-refractivity contribution in [3.63, 3.8) is 0 Å². The van der Waals surface area contributed by atoms with Gasteiger partial charge in [0.15, 0.2) is 0 Å². The van der Waals surface area contributed by atoms with Crippen LogP contribution in [0.3, 0.4) is 0 Å². The lowest BCUT2D eigenvalue weighted by molar-refractivity contribution is 0.325. The highest BCUT2D eigenvalue weighted by molar-refractivity contribution is 5.41. The van der Waals surface area contributed by atoms with Crippen molar-refractivity contribution in [3.05, 3.63) is 11.9 Å². The summed E-state index contributed by atoms with van der Waals surface area (Å²) in [6.45, 7) is 11.1. The molecule has 0 radical (unpaired) electrons. The van der Waals surface area contributed by atoms with Crippen molar-refractivity contribution in [2.24, 2.45) is 11.7 Å². The highest BCUT2D eigenvalue weighted by Crippen LogP contribution is 2.18. The molecule has 0 aliphatic heterocycles. The molecule has 2 N–H and O–H groups in total. The minimum absolute atomic E-state index is 0.558. The van der Waals surface area contributed by atoms with Gasteiger partial charge >= 0.3 is 0 Å². The molecule has 1 rings (SSSR count). The van der Waals surface area contributed by atoms with Gasteiger partial charge in [-0.1, -0.05) is 13.8 Å². The molecule has 0 amide bonds. The maximum atomic E-state index is 5.66. The number of rotatable bonds is 7. The summed E-state index contributed by atoms with van der Waals surface area (Å²) >= 11 is 0. The van der Waals surface area contributed by atoms with E-state index in [1.807, 2.05) is 19.9 Å². The standard InChI is InChI=1S/C13H24N4O/c1-5-18-13-8-12(15-11(4)16-13)17(7-6-14)9-10(2)3/h8,10H,5-7,9,14H2,1-4H3. The molecule has 0 unspecified atom stereocenters. The van der Waals surface area contributed by atoms with Gasteiger partial charge in [-0.25, -0.2) is 4.98 Å². The fourth-order valence-corrected chi connectivity index (χ4v) is 1.81. The van der Waals surface area contributed by atoms with Crippen LogP contribution in [0, 0.1) is 12.8 Å². The Morgan fingerprint density at radius 1 is 1.39 bits per heavy atom. The van der Waals surface area contributed by atoms with Crippen molar-refractivity contribution in [1.82, 2.24) is 9.97 Å². The maximum absolute atomic E-state index is 5.66. The molecule has 5 nitrogen and oxygen atoms in total. The van der Waals surface area contributed by atoms with E-state index in [4.69, 9.17) is 10.5 Å². The monoisotopic (exact) mass is 252 g/mol. The highest BCUT2D eigenvalue weighted by atomic mass is 16.5. The number of hydrogen-bond acceptors (Lipinski definition) is 5. The van der Waals surface area contributed by atoms with E-state index in [-0.39, 0.29) is 0 Å².